The van der Waals surface area contributed by atoms with E-state index in [4.69, 9.17) is 10.3 Å². The molecular weight excluding hydrogens is 250 g/mol. The Kier molecular flexibility index (Phi) is 2.84. The molecule has 2 aliphatic rings. The van der Waals surface area contributed by atoms with Crippen LogP contribution in [-0.2, 0) is 12.8 Å². The van der Waals surface area contributed by atoms with Crippen molar-refractivity contribution in [2.45, 2.75) is 44.1 Å². The molecule has 4 heteroatoms. The number of aryl methyl sites for hydroxylation is 1. The normalized spacial score (nSPS) is 23.4. The molecule has 0 aliphatic heterocycles. The van der Waals surface area contributed by atoms with Crippen LogP contribution < -0.4 is 5.73 Å². The molecule has 4 rings (SSSR count). The van der Waals surface area contributed by atoms with Crippen LogP contribution in [0, 0.1) is 5.92 Å². The van der Waals surface area contributed by atoms with Crippen LogP contribution in [0.5, 0.6) is 0 Å². The van der Waals surface area contributed by atoms with E-state index in [9.17, 15) is 0 Å². The fourth-order valence-electron chi connectivity index (χ4n) is 3.12. The Balaban J connectivity index is 1.54. The Morgan fingerprint density at radius 1 is 1.15 bits per heavy atom. The zero-order valence-corrected chi connectivity index (χ0v) is 11.5. The van der Waals surface area contributed by atoms with Gasteiger partial charge in [-0.2, -0.15) is 4.98 Å². The van der Waals surface area contributed by atoms with Gasteiger partial charge in [-0.25, -0.2) is 0 Å². The molecular formula is C16H19N3O. The van der Waals surface area contributed by atoms with E-state index in [0.717, 1.165) is 25.1 Å². The number of nitrogens with zero attached hydrogens (tertiary/aromatic N) is 2. The maximum absolute atomic E-state index is 6.12. The third-order valence-corrected chi connectivity index (χ3v) is 4.58. The maximum atomic E-state index is 6.12. The van der Waals surface area contributed by atoms with Crippen molar-refractivity contribution in [1.29, 1.82) is 0 Å². The van der Waals surface area contributed by atoms with Crippen molar-refractivity contribution in [2.75, 3.05) is 0 Å². The van der Waals surface area contributed by atoms with Gasteiger partial charge in [-0.3, -0.25) is 0 Å². The van der Waals surface area contributed by atoms with Crippen molar-refractivity contribution in [1.82, 2.24) is 10.1 Å². The molecule has 0 amide bonds. The molecule has 2 atom stereocenters. The van der Waals surface area contributed by atoms with Crippen molar-refractivity contribution in [3.63, 3.8) is 0 Å². The summed E-state index contributed by atoms with van der Waals surface area (Å²) in [5, 5.41) is 4.18. The lowest BCUT2D eigenvalue weighted by molar-refractivity contribution is 0.336. The van der Waals surface area contributed by atoms with Gasteiger partial charge in [0.15, 0.2) is 5.82 Å². The lowest BCUT2D eigenvalue weighted by atomic mass is 9.83. The Morgan fingerprint density at radius 2 is 1.95 bits per heavy atom. The Morgan fingerprint density at radius 3 is 2.75 bits per heavy atom. The van der Waals surface area contributed by atoms with Crippen LogP contribution in [0.25, 0.3) is 0 Å². The summed E-state index contributed by atoms with van der Waals surface area (Å²) in [5.41, 5.74) is 9.00. The summed E-state index contributed by atoms with van der Waals surface area (Å²) in [6.45, 7) is 0. The first-order valence-electron chi connectivity index (χ1n) is 7.47. The van der Waals surface area contributed by atoms with E-state index < -0.39 is 0 Å². The zero-order valence-electron chi connectivity index (χ0n) is 11.5. The molecule has 1 saturated carbocycles. The number of aromatic nitrogens is 2. The molecule has 1 heterocycles. The molecule has 2 N–H and O–H groups in total. The predicted octanol–water partition coefficient (Wildman–Crippen LogP) is 2.75. The average molecular weight is 269 g/mol. The van der Waals surface area contributed by atoms with Crippen LogP contribution in [0.15, 0.2) is 28.8 Å². The van der Waals surface area contributed by atoms with Gasteiger partial charge in [0.05, 0.1) is 6.04 Å². The van der Waals surface area contributed by atoms with Crippen LogP contribution in [0.4, 0.5) is 0 Å². The number of rotatable bonds is 3. The molecule has 0 saturated heterocycles. The number of nitrogens with two attached hydrogens (primary N) is 1. The second-order valence-electron chi connectivity index (χ2n) is 6.06. The van der Waals surface area contributed by atoms with Crippen LogP contribution in [0.3, 0.4) is 0 Å². The largest absolute Gasteiger partial charge is 0.338 e. The van der Waals surface area contributed by atoms with Crippen LogP contribution in [-0.4, -0.2) is 10.1 Å². The molecule has 104 valence electrons. The second-order valence-corrected chi connectivity index (χ2v) is 6.06. The van der Waals surface area contributed by atoms with Gasteiger partial charge < -0.3 is 10.3 Å². The first kappa shape index (κ1) is 12.1. The standard InChI is InChI=1S/C16H19N3O/c17-14(11-6-7-11)16-18-15(19-20-16)13-8-5-10-3-1-2-4-12(10)9-13/h1-4,11,13-14H,5-9,17H2. The predicted molar refractivity (Wildman–Crippen MR) is 75.2 cm³/mol. The highest BCUT2D eigenvalue weighted by atomic mass is 16.5. The Hall–Kier alpha value is -1.68. The molecule has 1 fully saturated rings. The topological polar surface area (TPSA) is 64.9 Å². The molecule has 1 aromatic carbocycles. The smallest absolute Gasteiger partial charge is 0.243 e. The van der Waals surface area contributed by atoms with Gasteiger partial charge in [-0.1, -0.05) is 29.4 Å². The number of hydrogen-bond acceptors (Lipinski definition) is 4. The molecule has 0 bridgehead atoms. The third-order valence-electron chi connectivity index (χ3n) is 4.58. The van der Waals surface area contributed by atoms with Gasteiger partial charge in [0.1, 0.15) is 0 Å². The lowest BCUT2D eigenvalue weighted by Crippen LogP contribution is -2.15. The zero-order chi connectivity index (χ0) is 13.5. The minimum absolute atomic E-state index is 0.0628. The van der Waals surface area contributed by atoms with Gasteiger partial charge in [-0.05, 0) is 49.1 Å². The van der Waals surface area contributed by atoms with E-state index >= 15 is 0 Å². The summed E-state index contributed by atoms with van der Waals surface area (Å²) in [4.78, 5) is 4.57. The maximum Gasteiger partial charge on any atom is 0.243 e. The second kappa shape index (κ2) is 4.70. The van der Waals surface area contributed by atoms with Gasteiger partial charge in [0, 0.05) is 5.92 Å². The molecule has 0 radical (unpaired) electrons. The Bertz CT molecular complexity index is 618. The SMILES string of the molecule is NC(c1nc(C2CCc3ccccc3C2)no1)C1CC1. The summed E-state index contributed by atoms with van der Waals surface area (Å²) in [5.74, 6) is 2.39. The fraction of sp³-hybridized carbons (Fsp3) is 0.500. The van der Waals surface area contributed by atoms with Gasteiger partial charge >= 0.3 is 0 Å². The van der Waals surface area contributed by atoms with Gasteiger partial charge in [0.25, 0.3) is 0 Å². The molecule has 4 nitrogen and oxygen atoms in total. The van der Waals surface area contributed by atoms with E-state index in [0.29, 0.717) is 17.7 Å². The van der Waals surface area contributed by atoms with Crippen molar-refractivity contribution < 1.29 is 4.52 Å². The minimum Gasteiger partial charge on any atom is -0.338 e. The average Bonchev–Trinajstić information content (AvgIpc) is 3.23. The molecule has 0 spiro atoms. The number of fused-ring (bicyclic) bond motifs is 1. The van der Waals surface area contributed by atoms with Crippen molar-refractivity contribution in [3.8, 4) is 0 Å². The lowest BCUT2D eigenvalue weighted by Gasteiger charge is -2.21. The van der Waals surface area contributed by atoms with Gasteiger partial charge in [-0.15, -0.1) is 0 Å². The molecule has 2 aromatic rings. The van der Waals surface area contributed by atoms with Crippen LogP contribution in [0.1, 0.15) is 54.1 Å². The minimum atomic E-state index is -0.0628. The summed E-state index contributed by atoms with van der Waals surface area (Å²) < 4.78 is 5.38. The van der Waals surface area contributed by atoms with Crippen LogP contribution in [0.2, 0.25) is 0 Å². The van der Waals surface area contributed by atoms with Crippen molar-refractivity contribution in [2.24, 2.45) is 11.7 Å². The first-order chi connectivity index (χ1) is 9.81. The molecule has 2 aliphatic carbocycles. The fourth-order valence-corrected chi connectivity index (χ4v) is 3.12. The van der Waals surface area contributed by atoms with Gasteiger partial charge in [0.2, 0.25) is 5.89 Å². The van der Waals surface area contributed by atoms with Crippen LogP contribution >= 0.6 is 0 Å². The van der Waals surface area contributed by atoms with E-state index in [1.165, 1.54) is 24.0 Å². The van der Waals surface area contributed by atoms with E-state index in [-0.39, 0.29) is 6.04 Å². The quantitative estimate of drug-likeness (QED) is 0.930. The molecule has 20 heavy (non-hydrogen) atoms. The molecule has 2 unspecified atom stereocenters. The third kappa shape index (κ3) is 2.14. The Labute approximate surface area is 118 Å². The summed E-state index contributed by atoms with van der Waals surface area (Å²) in [7, 11) is 0. The van der Waals surface area contributed by atoms with E-state index in [1.54, 1.807) is 0 Å². The molecule has 1 aromatic heterocycles. The summed E-state index contributed by atoms with van der Waals surface area (Å²) in [6.07, 6.45) is 5.58. The summed E-state index contributed by atoms with van der Waals surface area (Å²) in [6, 6.07) is 8.58. The van der Waals surface area contributed by atoms with Crippen molar-refractivity contribution in [3.05, 3.63) is 47.1 Å². The van der Waals surface area contributed by atoms with E-state index in [2.05, 4.69) is 34.4 Å². The highest BCUT2D eigenvalue weighted by Crippen LogP contribution is 2.39. The highest BCUT2D eigenvalue weighted by Gasteiger charge is 2.34. The van der Waals surface area contributed by atoms with E-state index in [1.807, 2.05) is 0 Å². The first-order valence-corrected chi connectivity index (χ1v) is 7.47. The number of hydrogen-bond donors (Lipinski definition) is 1. The van der Waals surface area contributed by atoms with Crippen molar-refractivity contribution >= 4 is 0 Å². The monoisotopic (exact) mass is 269 g/mol. The summed E-state index contributed by atoms with van der Waals surface area (Å²) >= 11 is 0. The highest BCUT2D eigenvalue weighted by molar-refractivity contribution is 5.31. The number of benzene rings is 1.